The molecule has 2 saturated carbocycles. The summed E-state index contributed by atoms with van der Waals surface area (Å²) < 4.78 is 72.9. The van der Waals surface area contributed by atoms with Crippen LogP contribution < -0.4 is 9.50 Å². The zero-order chi connectivity index (χ0) is 34.9. The monoisotopic (exact) mass is 700 g/mol. The number of halogens is 3. The third-order valence-corrected chi connectivity index (χ3v) is 11.8. The first-order valence-electron chi connectivity index (χ1n) is 16.7. The predicted molar refractivity (Wildman–Crippen MR) is 174 cm³/mol. The minimum Gasteiger partial charge on any atom is -0.453 e. The number of piperidine rings is 1. The summed E-state index contributed by atoms with van der Waals surface area (Å²) in [6.45, 7) is 3.76. The summed E-state index contributed by atoms with van der Waals surface area (Å²) >= 11 is 0. The van der Waals surface area contributed by atoms with Gasteiger partial charge in [-0.05, 0) is 84.1 Å². The van der Waals surface area contributed by atoms with Crippen LogP contribution in [0.25, 0.3) is 22.4 Å². The predicted octanol–water partition coefficient (Wildman–Crippen LogP) is 6.67. The Bertz CT molecular complexity index is 1890. The lowest BCUT2D eigenvalue weighted by molar-refractivity contribution is -0.136. The second kappa shape index (κ2) is 12.1. The van der Waals surface area contributed by atoms with E-state index >= 15 is 0 Å². The number of rotatable bonds is 8. The number of aromatic amines is 1. The molecule has 0 radical (unpaired) electrons. The molecule has 2 heterocycles. The van der Waals surface area contributed by atoms with Gasteiger partial charge in [-0.2, -0.15) is 21.6 Å². The van der Waals surface area contributed by atoms with Crippen LogP contribution >= 0.6 is 0 Å². The highest BCUT2D eigenvalue weighted by atomic mass is 32.2. The van der Waals surface area contributed by atoms with Crippen LogP contribution in [0.3, 0.4) is 0 Å². The van der Waals surface area contributed by atoms with Crippen LogP contribution in [-0.4, -0.2) is 60.0 Å². The number of aromatic nitrogens is 2. The molecule has 14 heteroatoms. The first-order chi connectivity index (χ1) is 23.2. The van der Waals surface area contributed by atoms with E-state index in [4.69, 9.17) is 4.74 Å². The molecular formula is C35H39F3N4O6S. The number of nitrogens with zero attached hydrogens (tertiary/aromatic N) is 2. The van der Waals surface area contributed by atoms with Crippen molar-refractivity contribution in [1.82, 2.24) is 20.2 Å². The van der Waals surface area contributed by atoms with Gasteiger partial charge in [0.15, 0.2) is 0 Å². The molecule has 1 saturated heterocycles. The van der Waals surface area contributed by atoms with E-state index in [0.717, 1.165) is 66.5 Å². The van der Waals surface area contributed by atoms with Gasteiger partial charge in [-0.1, -0.05) is 57.0 Å². The van der Waals surface area contributed by atoms with Gasteiger partial charge < -0.3 is 24.1 Å². The second-order valence-electron chi connectivity index (χ2n) is 14.3. The van der Waals surface area contributed by atoms with Crippen LogP contribution in [0.15, 0.2) is 42.6 Å². The molecule has 2 amide bonds. The normalized spacial score (nSPS) is 23.0. The molecule has 1 aromatic heterocycles. The maximum Gasteiger partial charge on any atom is 0.534 e. The van der Waals surface area contributed by atoms with Crippen LogP contribution in [0.5, 0.6) is 5.75 Å². The third-order valence-electron chi connectivity index (χ3n) is 10.8. The van der Waals surface area contributed by atoms with Crippen molar-refractivity contribution in [3.05, 3.63) is 59.5 Å². The number of hydrogen-bond donors (Lipinski definition) is 2. The van der Waals surface area contributed by atoms with E-state index in [0.29, 0.717) is 30.1 Å². The van der Waals surface area contributed by atoms with E-state index in [1.54, 1.807) is 12.3 Å². The summed E-state index contributed by atoms with van der Waals surface area (Å²) in [5.41, 5.74) is -0.948. The highest BCUT2D eigenvalue weighted by molar-refractivity contribution is 7.88. The molecular weight excluding hydrogens is 661 g/mol. The van der Waals surface area contributed by atoms with Crippen LogP contribution in [0.1, 0.15) is 75.4 Å². The molecule has 3 aromatic rings. The maximum atomic E-state index is 13.7. The Morgan fingerprint density at radius 2 is 1.69 bits per heavy atom. The number of nitrogens with one attached hydrogen (secondary N) is 2. The molecule has 2 aromatic carbocycles. The standard InChI is InChI=1S/C35H39F3N4O6S/c1-19(2)30(41-33(44)47-3)32(43)42-27-14-22(27)15-28(42)31-39-18-26(40-31)21-8-6-20(7-9-21)23-10-11-29(48-49(45,46)35(36,37)38)25-17-34(16-24(23)25)12-4-5-13-34/h6-11,18-19,22,27-28,30H,4-5,12-17H2,1-3H3,(H,39,40)(H,41,44)/t22?,27?,28-,30-/m0/s1. The smallest absolute Gasteiger partial charge is 0.453 e. The molecule has 2 unspecified atom stereocenters. The van der Waals surface area contributed by atoms with Crippen molar-refractivity contribution in [2.45, 2.75) is 88.8 Å². The van der Waals surface area contributed by atoms with Gasteiger partial charge in [-0.25, -0.2) is 9.78 Å². The molecule has 4 atom stereocenters. The summed E-state index contributed by atoms with van der Waals surface area (Å²) in [7, 11) is -4.53. The van der Waals surface area contributed by atoms with Gasteiger partial charge in [0.1, 0.15) is 17.6 Å². The number of fused-ring (bicyclic) bond motifs is 2. The van der Waals surface area contributed by atoms with Crippen molar-refractivity contribution >= 4 is 22.1 Å². The molecule has 10 nitrogen and oxygen atoms in total. The van der Waals surface area contributed by atoms with E-state index in [2.05, 4.69) is 19.5 Å². The average molecular weight is 701 g/mol. The molecule has 49 heavy (non-hydrogen) atoms. The molecule has 1 aliphatic heterocycles. The van der Waals surface area contributed by atoms with Gasteiger partial charge in [0.05, 0.1) is 25.0 Å². The summed E-state index contributed by atoms with van der Waals surface area (Å²) in [5.74, 6) is 0.515. The third kappa shape index (κ3) is 6.06. The van der Waals surface area contributed by atoms with Gasteiger partial charge in [-0.15, -0.1) is 0 Å². The number of hydrogen-bond acceptors (Lipinski definition) is 7. The molecule has 262 valence electrons. The average Bonchev–Trinajstić information content (AvgIpc) is 3.52. The molecule has 7 rings (SSSR count). The quantitative estimate of drug-likeness (QED) is 0.198. The number of methoxy groups -OCH3 is 1. The van der Waals surface area contributed by atoms with E-state index in [-0.39, 0.29) is 35.1 Å². The largest absolute Gasteiger partial charge is 0.534 e. The highest BCUT2D eigenvalue weighted by Crippen LogP contribution is 2.55. The van der Waals surface area contributed by atoms with Crippen molar-refractivity contribution in [1.29, 1.82) is 0 Å². The Hall–Kier alpha value is -4.07. The van der Waals surface area contributed by atoms with Gasteiger partial charge in [-0.3, -0.25) is 4.79 Å². The lowest BCUT2D eigenvalue weighted by atomic mass is 9.83. The summed E-state index contributed by atoms with van der Waals surface area (Å²) in [6, 6.07) is 9.85. The number of alkyl carbamates (subject to hydrolysis) is 1. The molecule has 2 N–H and O–H groups in total. The first kappa shape index (κ1) is 33.4. The van der Waals surface area contributed by atoms with Gasteiger partial charge in [0.25, 0.3) is 0 Å². The van der Waals surface area contributed by atoms with E-state index in [9.17, 15) is 31.2 Å². The second-order valence-corrected chi connectivity index (χ2v) is 15.8. The number of carbonyl (C=O) groups excluding carboxylic acids is 2. The van der Waals surface area contributed by atoms with Gasteiger partial charge in [0, 0.05) is 11.6 Å². The number of alkyl halides is 3. The fourth-order valence-corrected chi connectivity index (χ4v) is 8.72. The lowest BCUT2D eigenvalue weighted by Gasteiger charge is -2.31. The van der Waals surface area contributed by atoms with Crippen molar-refractivity contribution in [3.63, 3.8) is 0 Å². The topological polar surface area (TPSA) is 131 Å². The Labute approximate surface area is 282 Å². The first-order valence-corrected chi connectivity index (χ1v) is 18.1. The van der Waals surface area contributed by atoms with Crippen molar-refractivity contribution in [3.8, 4) is 28.1 Å². The molecule has 0 bridgehead atoms. The van der Waals surface area contributed by atoms with Crippen LogP contribution in [0, 0.1) is 17.3 Å². The highest BCUT2D eigenvalue weighted by Gasteiger charge is 2.56. The Morgan fingerprint density at radius 1 is 1.02 bits per heavy atom. The van der Waals surface area contributed by atoms with Gasteiger partial charge >= 0.3 is 21.7 Å². The summed E-state index contributed by atoms with van der Waals surface area (Å²) in [6.07, 6.45) is 7.83. The van der Waals surface area contributed by atoms with Crippen LogP contribution in [-0.2, 0) is 32.5 Å². The van der Waals surface area contributed by atoms with E-state index < -0.39 is 27.8 Å². The number of carbonyl (C=O) groups is 2. The van der Waals surface area contributed by atoms with Crippen molar-refractivity contribution in [2.75, 3.05) is 7.11 Å². The molecule has 3 fully saturated rings. The Morgan fingerprint density at radius 3 is 2.35 bits per heavy atom. The van der Waals surface area contributed by atoms with E-state index in [1.165, 1.54) is 13.2 Å². The fraction of sp³-hybridized carbons (Fsp3) is 0.514. The van der Waals surface area contributed by atoms with Crippen LogP contribution in [0.4, 0.5) is 18.0 Å². The maximum absolute atomic E-state index is 13.7. The summed E-state index contributed by atoms with van der Waals surface area (Å²) in [5, 5.41) is 2.69. The zero-order valence-corrected chi connectivity index (χ0v) is 28.3. The lowest BCUT2D eigenvalue weighted by Crippen LogP contribution is -2.52. The molecule has 3 aliphatic carbocycles. The number of imidazole rings is 1. The number of benzene rings is 2. The van der Waals surface area contributed by atoms with E-state index in [1.807, 2.05) is 43.0 Å². The SMILES string of the molecule is COC(=O)N[C@H](C(=O)N1C2CC2C[C@H]1c1ncc(-c2ccc(-c3ccc(OS(=O)(=O)C(F)(F)F)c4c3CC3(CCCC3)C4)cc2)[nH]1)C(C)C. The number of ether oxygens (including phenoxy) is 1. The number of H-pyrrole nitrogens is 1. The fourth-order valence-electron chi connectivity index (χ4n) is 8.23. The van der Waals surface area contributed by atoms with Crippen LogP contribution in [0.2, 0.25) is 0 Å². The zero-order valence-electron chi connectivity index (χ0n) is 27.5. The Balaban J connectivity index is 1.14. The summed E-state index contributed by atoms with van der Waals surface area (Å²) in [4.78, 5) is 35.7. The number of likely N-dealkylation sites (tertiary alicyclic amines) is 1. The molecule has 4 aliphatic rings. The number of amides is 2. The van der Waals surface area contributed by atoms with Crippen molar-refractivity contribution < 1.29 is 40.1 Å². The van der Waals surface area contributed by atoms with Crippen molar-refractivity contribution in [2.24, 2.45) is 17.3 Å². The minimum absolute atomic E-state index is 0.106. The Kier molecular flexibility index (Phi) is 8.23. The molecule has 1 spiro atoms. The van der Waals surface area contributed by atoms with Gasteiger partial charge in [0.2, 0.25) is 5.91 Å². The minimum atomic E-state index is -5.80.